The molecule has 0 aliphatic carbocycles. The molecule has 0 radical (unpaired) electrons. The molecular formula is C20H31NO3. The molecule has 1 heterocycles. The van der Waals surface area contributed by atoms with Gasteiger partial charge in [-0.3, -0.25) is 0 Å². The van der Waals surface area contributed by atoms with Crippen molar-refractivity contribution in [3.63, 3.8) is 0 Å². The highest BCUT2D eigenvalue weighted by Crippen LogP contribution is 2.33. The fourth-order valence-electron chi connectivity index (χ4n) is 2.70. The highest BCUT2D eigenvalue weighted by atomic mass is 16.5. The van der Waals surface area contributed by atoms with Crippen LogP contribution in [-0.2, 0) is 15.6 Å². The molecule has 1 aromatic rings. The zero-order valence-electron chi connectivity index (χ0n) is 16.0. The number of benzene rings is 1. The van der Waals surface area contributed by atoms with E-state index in [1.807, 2.05) is 33.8 Å². The van der Waals surface area contributed by atoms with Crippen molar-refractivity contribution in [3.8, 4) is 0 Å². The van der Waals surface area contributed by atoms with Crippen molar-refractivity contribution in [3.05, 3.63) is 34.9 Å². The summed E-state index contributed by atoms with van der Waals surface area (Å²) in [5.74, 6) is 0.570. The van der Waals surface area contributed by atoms with Gasteiger partial charge in [-0.15, -0.1) is 0 Å². The molecule has 0 saturated carbocycles. The van der Waals surface area contributed by atoms with Crippen LogP contribution in [0.3, 0.4) is 0 Å². The van der Waals surface area contributed by atoms with Gasteiger partial charge in [-0.1, -0.05) is 40.7 Å². The van der Waals surface area contributed by atoms with E-state index in [1.165, 1.54) is 5.56 Å². The summed E-state index contributed by atoms with van der Waals surface area (Å²) >= 11 is 0. The van der Waals surface area contributed by atoms with E-state index in [-0.39, 0.29) is 30.1 Å². The Labute approximate surface area is 145 Å². The maximum absolute atomic E-state index is 9.77. The molecule has 2 N–H and O–H groups in total. The maximum atomic E-state index is 9.77. The lowest BCUT2D eigenvalue weighted by atomic mass is 9.79. The number of hydrogen-bond donors (Lipinski definition) is 2. The molecule has 1 atom stereocenters. The van der Waals surface area contributed by atoms with Gasteiger partial charge in [0.05, 0.1) is 13.2 Å². The molecule has 2 rings (SSSR count). The average Bonchev–Trinajstić information content (AvgIpc) is 2.80. The summed E-state index contributed by atoms with van der Waals surface area (Å²) in [5.41, 5.74) is 2.25. The molecule has 0 saturated heterocycles. The third kappa shape index (κ3) is 3.65. The number of ether oxygens (including phenoxy) is 1. The molecule has 4 nitrogen and oxygen atoms in total. The van der Waals surface area contributed by atoms with Gasteiger partial charge >= 0.3 is 0 Å². The van der Waals surface area contributed by atoms with E-state index < -0.39 is 5.60 Å². The minimum Gasteiger partial charge on any atom is -0.469 e. The quantitative estimate of drug-likeness (QED) is 0.889. The first-order valence-electron chi connectivity index (χ1n) is 8.56. The summed E-state index contributed by atoms with van der Waals surface area (Å²) in [6, 6.07) is 6.04. The Bertz CT molecular complexity index is 639. The van der Waals surface area contributed by atoms with E-state index in [0.29, 0.717) is 5.90 Å². The third-order valence-corrected chi connectivity index (χ3v) is 4.83. The van der Waals surface area contributed by atoms with Crippen molar-refractivity contribution in [1.82, 2.24) is 0 Å². The standard InChI is InChI=1S/C20H31NO3/c1-18(2,3)14-8-13(9-15(10-14)19(4,5)12-23)17-21-16(11-22)20(6,7)24-17/h8-10,16,22-23H,11-12H2,1-7H3/t16-/m0/s1. The van der Waals surface area contributed by atoms with Crippen LogP contribution in [0, 0.1) is 0 Å². The summed E-state index contributed by atoms with van der Waals surface area (Å²) in [4.78, 5) is 4.58. The van der Waals surface area contributed by atoms with Crippen LogP contribution < -0.4 is 0 Å². The van der Waals surface area contributed by atoms with Crippen molar-refractivity contribution in [2.24, 2.45) is 4.99 Å². The lowest BCUT2D eigenvalue weighted by Gasteiger charge is -2.28. The Hall–Kier alpha value is -1.39. The second-order valence-corrected chi connectivity index (χ2v) is 8.93. The largest absolute Gasteiger partial charge is 0.469 e. The Morgan fingerprint density at radius 2 is 1.62 bits per heavy atom. The van der Waals surface area contributed by atoms with Crippen molar-refractivity contribution < 1.29 is 14.9 Å². The number of hydrogen-bond acceptors (Lipinski definition) is 4. The molecule has 1 aliphatic heterocycles. The van der Waals surface area contributed by atoms with Gasteiger partial charge in [-0.25, -0.2) is 4.99 Å². The molecule has 0 unspecified atom stereocenters. The van der Waals surface area contributed by atoms with Crippen LogP contribution in [0.4, 0.5) is 0 Å². The second kappa shape index (κ2) is 6.16. The van der Waals surface area contributed by atoms with Gasteiger partial charge in [0.2, 0.25) is 5.90 Å². The zero-order valence-corrected chi connectivity index (χ0v) is 16.0. The van der Waals surface area contributed by atoms with E-state index in [1.54, 1.807) is 0 Å². The van der Waals surface area contributed by atoms with E-state index in [9.17, 15) is 10.2 Å². The lowest BCUT2D eigenvalue weighted by Crippen LogP contribution is -2.35. The Morgan fingerprint density at radius 1 is 1.04 bits per heavy atom. The topological polar surface area (TPSA) is 62.1 Å². The van der Waals surface area contributed by atoms with Gasteiger partial charge in [-0.05, 0) is 42.5 Å². The fourth-order valence-corrected chi connectivity index (χ4v) is 2.70. The first kappa shape index (κ1) is 18.9. The lowest BCUT2D eigenvalue weighted by molar-refractivity contribution is 0.0720. The third-order valence-electron chi connectivity index (χ3n) is 4.83. The van der Waals surface area contributed by atoms with E-state index in [2.05, 4.69) is 37.9 Å². The summed E-state index contributed by atoms with van der Waals surface area (Å²) in [5, 5.41) is 19.3. The second-order valence-electron chi connectivity index (χ2n) is 8.93. The molecule has 0 amide bonds. The number of nitrogens with zero attached hydrogens (tertiary/aromatic N) is 1. The maximum Gasteiger partial charge on any atom is 0.217 e. The average molecular weight is 333 g/mol. The fraction of sp³-hybridized carbons (Fsp3) is 0.650. The molecule has 0 aromatic heterocycles. The van der Waals surface area contributed by atoms with Crippen LogP contribution in [0.25, 0.3) is 0 Å². The minimum atomic E-state index is -0.519. The smallest absolute Gasteiger partial charge is 0.217 e. The van der Waals surface area contributed by atoms with E-state index in [0.717, 1.165) is 11.1 Å². The molecular weight excluding hydrogens is 302 g/mol. The Balaban J connectivity index is 2.57. The predicted octanol–water partition coefficient (Wildman–Crippen LogP) is 3.17. The van der Waals surface area contributed by atoms with Crippen molar-refractivity contribution in [2.45, 2.75) is 70.9 Å². The minimum absolute atomic E-state index is 0.0264. The Kier molecular flexibility index (Phi) is 4.86. The van der Waals surface area contributed by atoms with Crippen molar-refractivity contribution in [1.29, 1.82) is 0 Å². The number of aliphatic hydroxyl groups is 2. The molecule has 0 spiro atoms. The van der Waals surface area contributed by atoms with Crippen LogP contribution >= 0.6 is 0 Å². The SMILES string of the molecule is CC(C)(C)c1cc(C2=N[C@@H](CO)C(C)(C)O2)cc(C(C)(C)CO)c1. The van der Waals surface area contributed by atoms with Crippen LogP contribution in [-0.4, -0.2) is 41.0 Å². The number of aliphatic imine (C=N–C) groups is 1. The van der Waals surface area contributed by atoms with Crippen molar-refractivity contribution in [2.75, 3.05) is 13.2 Å². The van der Waals surface area contributed by atoms with Crippen LogP contribution in [0.1, 0.15) is 65.2 Å². The molecule has 4 heteroatoms. The van der Waals surface area contributed by atoms with E-state index >= 15 is 0 Å². The summed E-state index contributed by atoms with van der Waals surface area (Å²) in [7, 11) is 0. The molecule has 0 bridgehead atoms. The molecule has 1 aromatic carbocycles. The summed E-state index contributed by atoms with van der Waals surface area (Å²) in [6.45, 7) is 14.5. The Morgan fingerprint density at radius 3 is 2.08 bits per heavy atom. The van der Waals surface area contributed by atoms with Crippen LogP contribution in [0.15, 0.2) is 23.2 Å². The highest BCUT2D eigenvalue weighted by molar-refractivity contribution is 5.96. The van der Waals surface area contributed by atoms with Gasteiger partial charge < -0.3 is 14.9 Å². The molecule has 1 aliphatic rings. The molecule has 134 valence electrons. The zero-order chi connectivity index (χ0) is 18.3. The normalized spacial score (nSPS) is 20.7. The first-order chi connectivity index (χ1) is 10.9. The van der Waals surface area contributed by atoms with Gasteiger partial charge in [0, 0.05) is 11.0 Å². The van der Waals surface area contributed by atoms with Crippen LogP contribution in [0.5, 0.6) is 0 Å². The van der Waals surface area contributed by atoms with Gasteiger partial charge in [0.15, 0.2) is 0 Å². The molecule has 0 fully saturated rings. The van der Waals surface area contributed by atoms with Crippen LogP contribution in [0.2, 0.25) is 0 Å². The number of aliphatic hydroxyl groups excluding tert-OH is 2. The summed E-state index contributed by atoms with van der Waals surface area (Å²) in [6.07, 6.45) is 0. The van der Waals surface area contributed by atoms with Gasteiger partial charge in [0.25, 0.3) is 0 Å². The number of rotatable bonds is 4. The highest BCUT2D eigenvalue weighted by Gasteiger charge is 2.39. The van der Waals surface area contributed by atoms with E-state index in [4.69, 9.17) is 4.74 Å². The first-order valence-corrected chi connectivity index (χ1v) is 8.56. The monoisotopic (exact) mass is 333 g/mol. The van der Waals surface area contributed by atoms with Gasteiger partial charge in [-0.2, -0.15) is 0 Å². The molecule has 24 heavy (non-hydrogen) atoms. The van der Waals surface area contributed by atoms with Gasteiger partial charge in [0.1, 0.15) is 11.6 Å². The van der Waals surface area contributed by atoms with Crippen molar-refractivity contribution >= 4 is 5.90 Å². The summed E-state index contributed by atoms with van der Waals surface area (Å²) < 4.78 is 6.03. The predicted molar refractivity (Wildman–Crippen MR) is 97.8 cm³/mol.